The molecule has 1 aromatic heterocycles. The highest BCUT2D eigenvalue weighted by molar-refractivity contribution is 7.10. The molecule has 0 aliphatic heterocycles. The lowest BCUT2D eigenvalue weighted by molar-refractivity contribution is 0.330. The molecule has 16 heavy (non-hydrogen) atoms. The summed E-state index contributed by atoms with van der Waals surface area (Å²) < 4.78 is 4.17. The minimum atomic E-state index is 0.626. The first-order valence-electron chi connectivity index (χ1n) is 6.19. The SMILES string of the molecule is CCC1CCC(Nc2snc(N)c2C)CC1. The van der Waals surface area contributed by atoms with Crippen molar-refractivity contribution in [2.24, 2.45) is 5.92 Å². The van der Waals surface area contributed by atoms with Crippen molar-refractivity contribution >= 4 is 22.4 Å². The lowest BCUT2D eigenvalue weighted by atomic mass is 9.84. The predicted octanol–water partition coefficient (Wildman–Crippen LogP) is 3.41. The van der Waals surface area contributed by atoms with Crippen molar-refractivity contribution in [1.29, 1.82) is 0 Å². The minimum absolute atomic E-state index is 0.626. The number of hydrogen-bond donors (Lipinski definition) is 2. The molecule has 90 valence electrons. The van der Waals surface area contributed by atoms with Gasteiger partial charge in [-0.3, -0.25) is 0 Å². The van der Waals surface area contributed by atoms with Crippen molar-refractivity contribution in [3.8, 4) is 0 Å². The summed E-state index contributed by atoms with van der Waals surface area (Å²) in [5.74, 6) is 1.63. The summed E-state index contributed by atoms with van der Waals surface area (Å²) in [4.78, 5) is 0. The van der Waals surface area contributed by atoms with Crippen LogP contribution in [0.15, 0.2) is 0 Å². The van der Waals surface area contributed by atoms with E-state index >= 15 is 0 Å². The Morgan fingerprint density at radius 3 is 2.56 bits per heavy atom. The number of nitrogen functional groups attached to an aromatic ring is 1. The number of hydrogen-bond acceptors (Lipinski definition) is 4. The molecule has 3 nitrogen and oxygen atoms in total. The van der Waals surface area contributed by atoms with E-state index in [0.717, 1.165) is 16.5 Å². The van der Waals surface area contributed by atoms with E-state index in [1.807, 2.05) is 6.92 Å². The highest BCUT2D eigenvalue weighted by atomic mass is 32.1. The lowest BCUT2D eigenvalue weighted by Crippen LogP contribution is -2.25. The van der Waals surface area contributed by atoms with Gasteiger partial charge in [0, 0.05) is 11.6 Å². The van der Waals surface area contributed by atoms with Crippen molar-refractivity contribution < 1.29 is 0 Å². The van der Waals surface area contributed by atoms with Crippen LogP contribution in [-0.4, -0.2) is 10.4 Å². The predicted molar refractivity (Wildman–Crippen MR) is 70.9 cm³/mol. The van der Waals surface area contributed by atoms with Crippen molar-refractivity contribution in [2.75, 3.05) is 11.1 Å². The molecule has 0 radical (unpaired) electrons. The zero-order valence-electron chi connectivity index (χ0n) is 10.1. The Hall–Kier alpha value is -0.770. The molecule has 3 N–H and O–H groups in total. The number of aromatic nitrogens is 1. The van der Waals surface area contributed by atoms with Crippen LogP contribution in [0, 0.1) is 12.8 Å². The summed E-state index contributed by atoms with van der Waals surface area (Å²) in [6.45, 7) is 4.34. The third kappa shape index (κ3) is 2.48. The second-order valence-electron chi connectivity index (χ2n) is 4.79. The quantitative estimate of drug-likeness (QED) is 0.849. The van der Waals surface area contributed by atoms with Crippen LogP contribution < -0.4 is 11.1 Å². The molecule has 1 heterocycles. The number of anilines is 2. The maximum absolute atomic E-state index is 5.75. The molecule has 1 aromatic rings. The number of rotatable bonds is 3. The Labute approximate surface area is 102 Å². The van der Waals surface area contributed by atoms with Gasteiger partial charge in [-0.15, -0.1) is 0 Å². The topological polar surface area (TPSA) is 50.9 Å². The fourth-order valence-electron chi connectivity index (χ4n) is 2.38. The van der Waals surface area contributed by atoms with Gasteiger partial charge in [0.25, 0.3) is 0 Å². The van der Waals surface area contributed by atoms with Crippen molar-refractivity contribution in [2.45, 2.75) is 52.0 Å². The minimum Gasteiger partial charge on any atom is -0.383 e. The van der Waals surface area contributed by atoms with Crippen molar-refractivity contribution in [3.63, 3.8) is 0 Å². The molecule has 4 heteroatoms. The van der Waals surface area contributed by atoms with Crippen LogP contribution in [0.5, 0.6) is 0 Å². The van der Waals surface area contributed by atoms with E-state index in [9.17, 15) is 0 Å². The normalized spacial score (nSPS) is 25.6. The molecule has 0 saturated heterocycles. The van der Waals surface area contributed by atoms with Crippen LogP contribution in [0.4, 0.5) is 10.8 Å². The first kappa shape index (κ1) is 11.7. The highest BCUT2D eigenvalue weighted by Crippen LogP contribution is 2.31. The molecule has 0 unspecified atom stereocenters. The van der Waals surface area contributed by atoms with Gasteiger partial charge in [-0.25, -0.2) is 0 Å². The summed E-state index contributed by atoms with van der Waals surface area (Å²) in [5, 5.41) is 4.75. The molecule has 1 fully saturated rings. The molecule has 0 spiro atoms. The maximum atomic E-state index is 5.75. The first-order valence-corrected chi connectivity index (χ1v) is 6.96. The Morgan fingerprint density at radius 1 is 1.38 bits per heavy atom. The van der Waals surface area contributed by atoms with Gasteiger partial charge in [-0.05, 0) is 50.1 Å². The molecule has 1 aliphatic rings. The molecule has 0 bridgehead atoms. The monoisotopic (exact) mass is 239 g/mol. The van der Waals surface area contributed by atoms with E-state index in [-0.39, 0.29) is 0 Å². The van der Waals surface area contributed by atoms with Gasteiger partial charge in [0.1, 0.15) is 10.8 Å². The summed E-state index contributed by atoms with van der Waals surface area (Å²) in [6.07, 6.45) is 6.63. The Kier molecular flexibility index (Phi) is 3.69. The zero-order valence-corrected chi connectivity index (χ0v) is 10.9. The van der Waals surface area contributed by atoms with Gasteiger partial charge < -0.3 is 11.1 Å². The number of nitrogens with zero attached hydrogens (tertiary/aromatic N) is 1. The van der Waals surface area contributed by atoms with Gasteiger partial charge in [-0.1, -0.05) is 13.3 Å². The van der Waals surface area contributed by atoms with Gasteiger partial charge in [0.2, 0.25) is 0 Å². The fraction of sp³-hybridized carbons (Fsp3) is 0.750. The van der Waals surface area contributed by atoms with E-state index in [1.165, 1.54) is 43.6 Å². The van der Waals surface area contributed by atoms with Gasteiger partial charge in [-0.2, -0.15) is 4.37 Å². The molecular formula is C12H21N3S. The van der Waals surface area contributed by atoms with Crippen molar-refractivity contribution in [3.05, 3.63) is 5.56 Å². The molecule has 0 aromatic carbocycles. The molecule has 0 atom stereocenters. The largest absolute Gasteiger partial charge is 0.383 e. The van der Waals surface area contributed by atoms with E-state index in [1.54, 1.807) is 0 Å². The van der Waals surface area contributed by atoms with E-state index < -0.39 is 0 Å². The average Bonchev–Trinajstić information content (AvgIpc) is 2.62. The summed E-state index contributed by atoms with van der Waals surface area (Å²) in [7, 11) is 0. The summed E-state index contributed by atoms with van der Waals surface area (Å²) in [6, 6.07) is 0.626. The lowest BCUT2D eigenvalue weighted by Gasteiger charge is -2.28. The Bertz CT molecular complexity index is 340. The smallest absolute Gasteiger partial charge is 0.142 e. The van der Waals surface area contributed by atoms with Gasteiger partial charge in [0.15, 0.2) is 0 Å². The fourth-order valence-corrected chi connectivity index (χ4v) is 3.17. The third-order valence-corrected chi connectivity index (χ3v) is 4.61. The molecule has 1 saturated carbocycles. The van der Waals surface area contributed by atoms with E-state index in [0.29, 0.717) is 11.9 Å². The Balaban J connectivity index is 1.89. The Morgan fingerprint density at radius 2 is 2.06 bits per heavy atom. The van der Waals surface area contributed by atoms with Gasteiger partial charge >= 0.3 is 0 Å². The van der Waals surface area contributed by atoms with E-state index in [2.05, 4.69) is 16.6 Å². The van der Waals surface area contributed by atoms with Gasteiger partial charge in [0.05, 0.1) is 0 Å². The average molecular weight is 239 g/mol. The van der Waals surface area contributed by atoms with Crippen LogP contribution in [0.2, 0.25) is 0 Å². The molecule has 2 rings (SSSR count). The van der Waals surface area contributed by atoms with Crippen LogP contribution in [0.1, 0.15) is 44.6 Å². The second-order valence-corrected chi connectivity index (χ2v) is 5.57. The number of nitrogens with one attached hydrogen (secondary N) is 1. The third-order valence-electron chi connectivity index (χ3n) is 3.72. The zero-order chi connectivity index (χ0) is 11.5. The molecule has 0 amide bonds. The van der Waals surface area contributed by atoms with Crippen LogP contribution >= 0.6 is 11.5 Å². The highest BCUT2D eigenvalue weighted by Gasteiger charge is 2.21. The molecule has 1 aliphatic carbocycles. The number of nitrogens with two attached hydrogens (primary N) is 1. The molecular weight excluding hydrogens is 218 g/mol. The standard InChI is InChI=1S/C12H21N3S/c1-3-9-4-6-10(7-5-9)14-12-8(2)11(13)15-16-12/h9-10,14H,3-7H2,1-2H3,(H2,13,15). The van der Waals surface area contributed by atoms with Crippen LogP contribution in [0.3, 0.4) is 0 Å². The van der Waals surface area contributed by atoms with E-state index in [4.69, 9.17) is 5.73 Å². The summed E-state index contributed by atoms with van der Waals surface area (Å²) in [5.41, 5.74) is 6.86. The van der Waals surface area contributed by atoms with Crippen LogP contribution in [-0.2, 0) is 0 Å². The maximum Gasteiger partial charge on any atom is 0.142 e. The van der Waals surface area contributed by atoms with Crippen LogP contribution in [0.25, 0.3) is 0 Å². The first-order chi connectivity index (χ1) is 7.70. The second kappa shape index (κ2) is 5.04. The van der Waals surface area contributed by atoms with Crippen molar-refractivity contribution in [1.82, 2.24) is 4.37 Å². The summed E-state index contributed by atoms with van der Waals surface area (Å²) >= 11 is 1.49.